The molecule has 2 atom stereocenters. The number of benzene rings is 2. The molecule has 3 nitrogen and oxygen atoms in total. The van der Waals surface area contributed by atoms with Crippen LogP contribution < -0.4 is 4.74 Å². The minimum atomic E-state index is -0.375. The van der Waals surface area contributed by atoms with Gasteiger partial charge in [-0.25, -0.2) is 4.39 Å². The Hall–Kier alpha value is -3.01. The van der Waals surface area contributed by atoms with Crippen LogP contribution >= 0.6 is 0 Å². The number of pyridine rings is 1. The van der Waals surface area contributed by atoms with Gasteiger partial charge in [0.15, 0.2) is 0 Å². The fourth-order valence-corrected chi connectivity index (χ4v) is 3.23. The molecular weight excluding hydrogens is 353 g/mol. The third kappa shape index (κ3) is 4.45. The number of hydrogen-bond donors (Lipinski definition) is 0. The van der Waals surface area contributed by atoms with Crippen molar-refractivity contribution in [1.29, 1.82) is 0 Å². The Bertz CT molecular complexity index is 939. The average Bonchev–Trinajstić information content (AvgIpc) is 2.73. The Labute approximate surface area is 165 Å². The number of carbonyl (C=O) groups is 1. The van der Waals surface area contributed by atoms with E-state index < -0.39 is 0 Å². The Morgan fingerprint density at radius 1 is 1.07 bits per heavy atom. The van der Waals surface area contributed by atoms with Crippen LogP contribution in [0.15, 0.2) is 66.9 Å². The highest BCUT2D eigenvalue weighted by atomic mass is 19.1. The van der Waals surface area contributed by atoms with Gasteiger partial charge < -0.3 is 4.74 Å². The molecule has 2 aromatic carbocycles. The molecule has 0 bridgehead atoms. The first-order chi connectivity index (χ1) is 13.5. The molecule has 0 amide bonds. The van der Waals surface area contributed by atoms with Crippen LogP contribution in [0.4, 0.5) is 4.39 Å². The second kappa shape index (κ2) is 8.79. The molecule has 3 rings (SSSR count). The third-order valence-corrected chi connectivity index (χ3v) is 5.07. The van der Waals surface area contributed by atoms with E-state index in [4.69, 9.17) is 4.74 Å². The lowest BCUT2D eigenvalue weighted by molar-refractivity contribution is -0.120. The quantitative estimate of drug-likeness (QED) is 0.525. The highest BCUT2D eigenvalue weighted by Crippen LogP contribution is 2.29. The lowest BCUT2D eigenvalue weighted by atomic mass is 9.89. The summed E-state index contributed by atoms with van der Waals surface area (Å²) in [5.74, 6) is 0.0455. The second-order valence-electron chi connectivity index (χ2n) is 7.02. The number of methoxy groups -OCH3 is 1. The van der Waals surface area contributed by atoms with E-state index in [0.29, 0.717) is 23.3 Å². The summed E-state index contributed by atoms with van der Waals surface area (Å²) in [6.07, 6.45) is 2.00. The van der Waals surface area contributed by atoms with Gasteiger partial charge in [-0.15, -0.1) is 0 Å². The summed E-state index contributed by atoms with van der Waals surface area (Å²) in [5.41, 5.74) is 2.90. The maximum absolute atomic E-state index is 14.6. The molecule has 0 aliphatic rings. The van der Waals surface area contributed by atoms with Crippen molar-refractivity contribution < 1.29 is 13.9 Å². The van der Waals surface area contributed by atoms with Crippen molar-refractivity contribution in [3.63, 3.8) is 0 Å². The molecule has 0 saturated carbocycles. The van der Waals surface area contributed by atoms with Crippen molar-refractivity contribution >= 4 is 5.78 Å². The Balaban J connectivity index is 1.71. The molecule has 0 aliphatic heterocycles. The maximum atomic E-state index is 14.6. The maximum Gasteiger partial charge on any atom is 0.140 e. The van der Waals surface area contributed by atoms with Gasteiger partial charge in [-0.2, -0.15) is 0 Å². The van der Waals surface area contributed by atoms with Crippen LogP contribution in [0.5, 0.6) is 5.75 Å². The van der Waals surface area contributed by atoms with Gasteiger partial charge in [-0.1, -0.05) is 56.3 Å². The summed E-state index contributed by atoms with van der Waals surface area (Å²) >= 11 is 0. The summed E-state index contributed by atoms with van der Waals surface area (Å²) in [6, 6.07) is 18.2. The molecule has 0 saturated heterocycles. The van der Waals surface area contributed by atoms with E-state index in [1.165, 1.54) is 6.07 Å². The molecule has 3 aromatic rings. The lowest BCUT2D eigenvalue weighted by Gasteiger charge is -2.16. The van der Waals surface area contributed by atoms with Crippen molar-refractivity contribution in [2.24, 2.45) is 0 Å². The predicted octanol–water partition coefficient (Wildman–Crippen LogP) is 5.76. The Kier molecular flexibility index (Phi) is 6.19. The van der Waals surface area contributed by atoms with Crippen LogP contribution in [0.25, 0.3) is 11.1 Å². The van der Waals surface area contributed by atoms with E-state index in [0.717, 1.165) is 11.3 Å². The van der Waals surface area contributed by atoms with Gasteiger partial charge >= 0.3 is 0 Å². The summed E-state index contributed by atoms with van der Waals surface area (Å²) in [5, 5.41) is 0. The number of halogens is 1. The lowest BCUT2D eigenvalue weighted by Crippen LogP contribution is -2.13. The average molecular weight is 377 g/mol. The number of nitrogens with zero attached hydrogens (tertiary/aromatic N) is 1. The number of rotatable bonds is 7. The highest BCUT2D eigenvalue weighted by Gasteiger charge is 2.20. The van der Waals surface area contributed by atoms with Crippen molar-refractivity contribution in [2.75, 3.05) is 7.11 Å². The smallest absolute Gasteiger partial charge is 0.140 e. The van der Waals surface area contributed by atoms with E-state index in [1.807, 2.05) is 62.4 Å². The monoisotopic (exact) mass is 377 g/mol. The summed E-state index contributed by atoms with van der Waals surface area (Å²) in [6.45, 7) is 3.80. The van der Waals surface area contributed by atoms with Crippen LogP contribution in [-0.4, -0.2) is 17.9 Å². The number of Topliss-reactive ketones (excluding diaryl/α,β-unsaturated/α-hetero) is 1. The summed E-state index contributed by atoms with van der Waals surface area (Å²) in [4.78, 5) is 17.1. The van der Waals surface area contributed by atoms with Gasteiger partial charge in [0.05, 0.1) is 13.3 Å². The number of ether oxygens (including phenoxy) is 1. The van der Waals surface area contributed by atoms with Crippen LogP contribution in [0.3, 0.4) is 0 Å². The van der Waals surface area contributed by atoms with Crippen LogP contribution in [0, 0.1) is 5.82 Å². The third-order valence-electron chi connectivity index (χ3n) is 5.07. The molecule has 0 unspecified atom stereocenters. The minimum Gasteiger partial charge on any atom is -0.495 e. The fourth-order valence-electron chi connectivity index (χ4n) is 3.23. The van der Waals surface area contributed by atoms with E-state index >= 15 is 0 Å². The van der Waals surface area contributed by atoms with Crippen LogP contribution in [-0.2, 0) is 4.79 Å². The van der Waals surface area contributed by atoms with Gasteiger partial charge in [-0.05, 0) is 29.3 Å². The molecule has 1 aromatic heterocycles. The van der Waals surface area contributed by atoms with E-state index in [2.05, 4.69) is 4.98 Å². The molecule has 0 N–H and O–H groups in total. The zero-order valence-corrected chi connectivity index (χ0v) is 16.4. The number of ketones is 1. The summed E-state index contributed by atoms with van der Waals surface area (Å²) < 4.78 is 19.7. The van der Waals surface area contributed by atoms with Crippen molar-refractivity contribution in [2.45, 2.75) is 32.1 Å². The number of carbonyl (C=O) groups excluding carboxylic acids is 1. The Morgan fingerprint density at radius 2 is 1.82 bits per heavy atom. The molecular formula is C24H24FNO2. The molecule has 0 fully saturated rings. The van der Waals surface area contributed by atoms with Gasteiger partial charge in [0.2, 0.25) is 0 Å². The first-order valence-electron chi connectivity index (χ1n) is 9.37. The molecule has 28 heavy (non-hydrogen) atoms. The van der Waals surface area contributed by atoms with E-state index in [1.54, 1.807) is 19.4 Å². The number of aromatic nitrogens is 1. The van der Waals surface area contributed by atoms with Gasteiger partial charge in [0.1, 0.15) is 17.3 Å². The standard InChI is InChI=1S/C24H24FNO2/c1-16(23-12-10-20(28-3)15-26-23)13-24(27)17(2)19-9-11-21(22(25)14-19)18-7-5-4-6-8-18/h4-12,14-17H,13H2,1-3H3/t16-,17-/m0/s1. The summed E-state index contributed by atoms with van der Waals surface area (Å²) in [7, 11) is 1.59. The van der Waals surface area contributed by atoms with Crippen LogP contribution in [0.1, 0.15) is 43.4 Å². The first-order valence-corrected chi connectivity index (χ1v) is 9.37. The highest BCUT2D eigenvalue weighted by molar-refractivity contribution is 5.86. The molecule has 144 valence electrons. The van der Waals surface area contributed by atoms with Gasteiger partial charge in [0.25, 0.3) is 0 Å². The molecule has 0 aliphatic carbocycles. The zero-order valence-electron chi connectivity index (χ0n) is 16.4. The van der Waals surface area contributed by atoms with Gasteiger partial charge in [-0.3, -0.25) is 9.78 Å². The normalized spacial score (nSPS) is 13.0. The minimum absolute atomic E-state index is 0.0192. The fraction of sp³-hybridized carbons (Fsp3) is 0.250. The molecule has 1 heterocycles. The molecule has 4 heteroatoms. The van der Waals surface area contributed by atoms with Gasteiger partial charge in [0, 0.05) is 29.5 Å². The van der Waals surface area contributed by atoms with Crippen molar-refractivity contribution in [3.8, 4) is 16.9 Å². The zero-order chi connectivity index (χ0) is 20.1. The first kappa shape index (κ1) is 19.7. The topological polar surface area (TPSA) is 39.2 Å². The van der Waals surface area contributed by atoms with Crippen LogP contribution in [0.2, 0.25) is 0 Å². The number of hydrogen-bond acceptors (Lipinski definition) is 3. The predicted molar refractivity (Wildman–Crippen MR) is 109 cm³/mol. The molecule has 0 radical (unpaired) electrons. The van der Waals surface area contributed by atoms with E-state index in [-0.39, 0.29) is 23.4 Å². The van der Waals surface area contributed by atoms with Crippen molar-refractivity contribution in [3.05, 3.63) is 83.9 Å². The van der Waals surface area contributed by atoms with Crippen molar-refractivity contribution in [1.82, 2.24) is 4.98 Å². The second-order valence-corrected chi connectivity index (χ2v) is 7.02. The van der Waals surface area contributed by atoms with E-state index in [9.17, 15) is 9.18 Å². The molecule has 0 spiro atoms. The largest absolute Gasteiger partial charge is 0.495 e. The SMILES string of the molecule is COc1ccc([C@@H](C)CC(=O)[C@@H](C)c2ccc(-c3ccccc3)c(F)c2)nc1. The Morgan fingerprint density at radius 3 is 2.43 bits per heavy atom.